The molecule has 2 heterocycles. The van der Waals surface area contributed by atoms with Crippen LogP contribution in [0.2, 0.25) is 5.02 Å². The second-order valence-corrected chi connectivity index (χ2v) is 6.51. The molecule has 0 saturated carbocycles. The van der Waals surface area contributed by atoms with Gasteiger partial charge in [0.1, 0.15) is 11.4 Å². The zero-order valence-electron chi connectivity index (χ0n) is 14.4. The summed E-state index contributed by atoms with van der Waals surface area (Å²) >= 11 is 5.86. The van der Waals surface area contributed by atoms with Crippen LogP contribution < -0.4 is 10.1 Å². The average molecular weight is 372 g/mol. The van der Waals surface area contributed by atoms with Crippen molar-refractivity contribution in [1.29, 1.82) is 0 Å². The highest BCUT2D eigenvalue weighted by molar-refractivity contribution is 6.30. The molecule has 0 fully saturated rings. The molecule has 0 saturated heterocycles. The molecule has 1 N–H and O–H groups in total. The Labute approximate surface area is 156 Å². The molecule has 0 aliphatic heterocycles. The fourth-order valence-corrected chi connectivity index (χ4v) is 2.46. The van der Waals surface area contributed by atoms with E-state index in [9.17, 15) is 4.79 Å². The van der Waals surface area contributed by atoms with Crippen molar-refractivity contribution in [2.75, 3.05) is 0 Å². The van der Waals surface area contributed by atoms with Crippen LogP contribution in [0.15, 0.2) is 59.5 Å². The summed E-state index contributed by atoms with van der Waals surface area (Å²) in [5.41, 5.74) is 0.133. The maximum Gasteiger partial charge on any atom is 0.263 e. The van der Waals surface area contributed by atoms with Gasteiger partial charge in [0.25, 0.3) is 5.91 Å². The number of carbonyl (C=O) groups is 1. The fraction of sp³-hybridized carbons (Fsp3) is 0.211. The molecule has 26 heavy (non-hydrogen) atoms. The number of aromatic nitrogens is 2. The van der Waals surface area contributed by atoms with Gasteiger partial charge in [0.15, 0.2) is 11.4 Å². The maximum absolute atomic E-state index is 12.6. The molecular weight excluding hydrogens is 354 g/mol. The Morgan fingerprint density at radius 2 is 1.92 bits per heavy atom. The van der Waals surface area contributed by atoms with Gasteiger partial charge < -0.3 is 14.5 Å². The van der Waals surface area contributed by atoms with Crippen molar-refractivity contribution >= 4 is 17.5 Å². The van der Waals surface area contributed by atoms with Crippen molar-refractivity contribution in [2.24, 2.45) is 0 Å². The lowest BCUT2D eigenvalue weighted by molar-refractivity contribution is -0.134. The van der Waals surface area contributed by atoms with Crippen molar-refractivity contribution < 1.29 is 13.9 Å². The first kappa shape index (κ1) is 17.9. The number of rotatable bonds is 6. The standard InChI is InChI=1S/C19H18ClN3O3/c1-19(2,26-14-7-5-13(20)6-8-14)18(24)23-12-15-17(22-10-9-21-15)16-4-3-11-25-16/h3-11H,12H2,1-2H3,(H,23,24). The number of hydrogen-bond acceptors (Lipinski definition) is 5. The van der Waals surface area contributed by atoms with Crippen molar-refractivity contribution in [1.82, 2.24) is 15.3 Å². The van der Waals surface area contributed by atoms with Crippen molar-refractivity contribution in [2.45, 2.75) is 26.0 Å². The molecule has 0 unspecified atom stereocenters. The Morgan fingerprint density at radius 3 is 2.62 bits per heavy atom. The van der Waals surface area contributed by atoms with Gasteiger partial charge in [-0.1, -0.05) is 11.6 Å². The van der Waals surface area contributed by atoms with Crippen molar-refractivity contribution in [3.05, 3.63) is 65.8 Å². The molecule has 2 aromatic heterocycles. The summed E-state index contributed by atoms with van der Waals surface area (Å²) in [6.07, 6.45) is 4.72. The summed E-state index contributed by atoms with van der Waals surface area (Å²) in [4.78, 5) is 21.1. The highest BCUT2D eigenvalue weighted by atomic mass is 35.5. The van der Waals surface area contributed by atoms with E-state index in [2.05, 4.69) is 15.3 Å². The van der Waals surface area contributed by atoms with E-state index in [4.69, 9.17) is 20.8 Å². The lowest BCUT2D eigenvalue weighted by atomic mass is 10.1. The van der Waals surface area contributed by atoms with Crippen LogP contribution in [-0.2, 0) is 11.3 Å². The Hall–Kier alpha value is -2.86. The third-order valence-corrected chi connectivity index (χ3v) is 3.93. The van der Waals surface area contributed by atoms with Gasteiger partial charge in [-0.3, -0.25) is 9.78 Å². The number of ether oxygens (including phenoxy) is 1. The zero-order chi connectivity index (χ0) is 18.6. The van der Waals surface area contributed by atoms with E-state index < -0.39 is 5.60 Å². The molecule has 0 aliphatic rings. The van der Waals surface area contributed by atoms with Crippen LogP contribution in [0.4, 0.5) is 0 Å². The van der Waals surface area contributed by atoms with Gasteiger partial charge >= 0.3 is 0 Å². The van der Waals surface area contributed by atoms with Gasteiger partial charge in [-0.2, -0.15) is 0 Å². The molecule has 3 aromatic rings. The lowest BCUT2D eigenvalue weighted by Crippen LogP contribution is -2.46. The number of halogens is 1. The van der Waals surface area contributed by atoms with Crippen LogP contribution in [0.3, 0.4) is 0 Å². The van der Waals surface area contributed by atoms with Crippen molar-refractivity contribution in [3.63, 3.8) is 0 Å². The van der Waals surface area contributed by atoms with E-state index in [-0.39, 0.29) is 12.5 Å². The van der Waals surface area contributed by atoms with E-state index in [0.717, 1.165) is 0 Å². The highest BCUT2D eigenvalue weighted by Gasteiger charge is 2.30. The second kappa shape index (κ2) is 7.58. The van der Waals surface area contributed by atoms with E-state index in [1.165, 1.54) is 0 Å². The first-order chi connectivity index (χ1) is 12.5. The third-order valence-electron chi connectivity index (χ3n) is 3.68. The smallest absolute Gasteiger partial charge is 0.263 e. The molecular formula is C19H18ClN3O3. The Bertz CT molecular complexity index is 877. The molecule has 1 aromatic carbocycles. The van der Waals surface area contributed by atoms with Gasteiger partial charge in [-0.25, -0.2) is 4.98 Å². The average Bonchev–Trinajstić information content (AvgIpc) is 3.16. The SMILES string of the molecule is CC(C)(Oc1ccc(Cl)cc1)C(=O)NCc1nccnc1-c1ccco1. The van der Waals surface area contributed by atoms with Crippen molar-refractivity contribution in [3.8, 4) is 17.2 Å². The Kier molecular flexibility index (Phi) is 5.23. The quantitative estimate of drug-likeness (QED) is 0.711. The molecule has 0 spiro atoms. The zero-order valence-corrected chi connectivity index (χ0v) is 15.2. The Balaban J connectivity index is 1.68. The number of furan rings is 1. The molecule has 0 bridgehead atoms. The Morgan fingerprint density at radius 1 is 1.19 bits per heavy atom. The van der Waals surface area contributed by atoms with E-state index in [1.54, 1.807) is 68.9 Å². The van der Waals surface area contributed by atoms with Gasteiger partial charge in [-0.05, 0) is 50.2 Å². The molecule has 134 valence electrons. The van der Waals surface area contributed by atoms with Gasteiger partial charge in [0.05, 0.1) is 18.5 Å². The summed E-state index contributed by atoms with van der Waals surface area (Å²) in [5, 5.41) is 3.44. The molecule has 7 heteroatoms. The van der Waals surface area contributed by atoms with Crippen LogP contribution in [-0.4, -0.2) is 21.5 Å². The van der Waals surface area contributed by atoms with Crippen LogP contribution >= 0.6 is 11.6 Å². The third kappa shape index (κ3) is 4.21. The topological polar surface area (TPSA) is 77.2 Å². The summed E-state index contributed by atoms with van der Waals surface area (Å²) in [6, 6.07) is 10.4. The lowest BCUT2D eigenvalue weighted by Gasteiger charge is -2.25. The molecule has 1 amide bonds. The number of benzene rings is 1. The maximum atomic E-state index is 12.6. The molecule has 0 atom stereocenters. The first-order valence-electron chi connectivity index (χ1n) is 8.02. The van der Waals surface area contributed by atoms with Crippen LogP contribution in [0.1, 0.15) is 19.5 Å². The number of carbonyl (C=O) groups excluding carboxylic acids is 1. The van der Waals surface area contributed by atoms with Gasteiger partial charge in [-0.15, -0.1) is 0 Å². The molecule has 3 rings (SSSR count). The van der Waals surface area contributed by atoms with E-state index in [0.29, 0.717) is 27.9 Å². The summed E-state index contributed by atoms with van der Waals surface area (Å²) in [7, 11) is 0. The first-order valence-corrected chi connectivity index (χ1v) is 8.40. The minimum atomic E-state index is -1.07. The predicted octanol–water partition coefficient (Wildman–Crippen LogP) is 3.86. The summed E-state index contributed by atoms with van der Waals surface area (Å²) in [5.74, 6) is 0.882. The fourth-order valence-electron chi connectivity index (χ4n) is 2.34. The minimum Gasteiger partial charge on any atom is -0.478 e. The molecule has 0 aliphatic carbocycles. The van der Waals surface area contributed by atoms with E-state index in [1.807, 2.05) is 0 Å². The second-order valence-electron chi connectivity index (χ2n) is 6.08. The molecule has 0 radical (unpaired) electrons. The monoisotopic (exact) mass is 371 g/mol. The normalized spacial score (nSPS) is 11.2. The number of amides is 1. The number of hydrogen-bond donors (Lipinski definition) is 1. The highest BCUT2D eigenvalue weighted by Crippen LogP contribution is 2.22. The molecule has 6 nitrogen and oxygen atoms in total. The summed E-state index contributed by atoms with van der Waals surface area (Å²) < 4.78 is 11.2. The van der Waals surface area contributed by atoms with Gasteiger partial charge in [0.2, 0.25) is 0 Å². The largest absolute Gasteiger partial charge is 0.478 e. The van der Waals surface area contributed by atoms with Gasteiger partial charge in [0, 0.05) is 17.4 Å². The van der Waals surface area contributed by atoms with Crippen LogP contribution in [0.5, 0.6) is 5.75 Å². The minimum absolute atomic E-state index is 0.204. The number of nitrogens with zero attached hydrogens (tertiary/aromatic N) is 2. The van der Waals surface area contributed by atoms with E-state index >= 15 is 0 Å². The van der Waals surface area contributed by atoms with Crippen LogP contribution in [0.25, 0.3) is 11.5 Å². The predicted molar refractivity (Wildman–Crippen MR) is 97.7 cm³/mol. The van der Waals surface area contributed by atoms with Crippen LogP contribution in [0, 0.1) is 0 Å². The number of nitrogens with one attached hydrogen (secondary N) is 1. The summed E-state index contributed by atoms with van der Waals surface area (Å²) in [6.45, 7) is 3.60.